The summed E-state index contributed by atoms with van der Waals surface area (Å²) in [7, 11) is -1.85. The molecule has 156 valence electrons. The van der Waals surface area contributed by atoms with Crippen LogP contribution in [0.25, 0.3) is 10.9 Å². The van der Waals surface area contributed by atoms with Crippen LogP contribution >= 0.6 is 11.6 Å². The van der Waals surface area contributed by atoms with Crippen LogP contribution in [0.4, 0.5) is 0 Å². The molecule has 7 nitrogen and oxygen atoms in total. The quantitative estimate of drug-likeness (QED) is 0.484. The third-order valence-corrected chi connectivity index (χ3v) is 7.41. The number of para-hydroxylation sites is 1. The highest BCUT2D eigenvalue weighted by atomic mass is 35.5. The van der Waals surface area contributed by atoms with Crippen molar-refractivity contribution in [2.24, 2.45) is 12.1 Å². The zero-order chi connectivity index (χ0) is 21.3. The van der Waals surface area contributed by atoms with E-state index in [1.807, 2.05) is 42.1 Å². The van der Waals surface area contributed by atoms with Crippen molar-refractivity contribution in [3.8, 4) is 0 Å². The van der Waals surface area contributed by atoms with E-state index in [2.05, 4.69) is 10.5 Å². The van der Waals surface area contributed by atoms with E-state index in [1.54, 1.807) is 6.21 Å². The Balaban J connectivity index is 1.50. The third kappa shape index (κ3) is 3.86. The van der Waals surface area contributed by atoms with E-state index in [9.17, 15) is 13.2 Å². The topological polar surface area (TPSA) is 83.8 Å². The van der Waals surface area contributed by atoms with Gasteiger partial charge in [-0.1, -0.05) is 29.8 Å². The number of hydrazone groups is 1. The summed E-state index contributed by atoms with van der Waals surface area (Å²) in [6.07, 6.45) is 4.56. The molecule has 1 amide bonds. The van der Waals surface area contributed by atoms with E-state index in [1.165, 1.54) is 28.6 Å². The van der Waals surface area contributed by atoms with Gasteiger partial charge in [0.1, 0.15) is 6.04 Å². The number of aryl methyl sites for hydroxylation is 1. The Morgan fingerprint density at radius 1 is 1.20 bits per heavy atom. The van der Waals surface area contributed by atoms with Gasteiger partial charge in [0, 0.05) is 41.3 Å². The average Bonchev–Trinajstić information content (AvgIpc) is 3.35. The third-order valence-electron chi connectivity index (χ3n) is 5.23. The zero-order valence-electron chi connectivity index (χ0n) is 16.3. The molecule has 2 aromatic carbocycles. The van der Waals surface area contributed by atoms with Gasteiger partial charge in [0.2, 0.25) is 10.0 Å². The van der Waals surface area contributed by atoms with Gasteiger partial charge in [-0.2, -0.15) is 9.41 Å². The highest BCUT2D eigenvalue weighted by molar-refractivity contribution is 7.89. The van der Waals surface area contributed by atoms with Crippen molar-refractivity contribution in [3.63, 3.8) is 0 Å². The smallest absolute Gasteiger partial charge is 0.258 e. The number of hydrogen-bond donors (Lipinski definition) is 1. The first-order chi connectivity index (χ1) is 14.4. The van der Waals surface area contributed by atoms with E-state index in [0.717, 1.165) is 16.5 Å². The van der Waals surface area contributed by atoms with Crippen molar-refractivity contribution in [3.05, 3.63) is 65.3 Å². The van der Waals surface area contributed by atoms with Crippen LogP contribution in [0.1, 0.15) is 18.4 Å². The van der Waals surface area contributed by atoms with Gasteiger partial charge in [-0.3, -0.25) is 4.79 Å². The van der Waals surface area contributed by atoms with Crippen molar-refractivity contribution in [2.45, 2.75) is 23.8 Å². The normalized spacial score (nSPS) is 17.7. The van der Waals surface area contributed by atoms with Crippen LogP contribution in [0.15, 0.2) is 64.7 Å². The molecule has 4 rings (SSSR count). The molecule has 3 aromatic rings. The fourth-order valence-corrected chi connectivity index (χ4v) is 5.53. The SMILES string of the molecule is Cn1cc(/C=N\NC(=O)[C@H]2CCCN2S(=O)(=O)c2ccc(Cl)cc2)c2ccccc21. The van der Waals surface area contributed by atoms with Crippen LogP contribution in [-0.4, -0.2) is 42.0 Å². The molecule has 0 aliphatic carbocycles. The second-order valence-corrected chi connectivity index (χ2v) is 9.50. The van der Waals surface area contributed by atoms with Crippen molar-refractivity contribution >= 4 is 44.6 Å². The maximum Gasteiger partial charge on any atom is 0.258 e. The van der Waals surface area contributed by atoms with Crippen LogP contribution in [0.3, 0.4) is 0 Å². The molecule has 1 atom stereocenters. The van der Waals surface area contributed by atoms with E-state index in [4.69, 9.17) is 11.6 Å². The van der Waals surface area contributed by atoms with Crippen molar-refractivity contribution in [2.75, 3.05) is 6.54 Å². The molecule has 1 saturated heterocycles. The summed E-state index contributed by atoms with van der Waals surface area (Å²) in [5.74, 6) is -0.443. The van der Waals surface area contributed by atoms with Crippen LogP contribution in [0.5, 0.6) is 0 Å². The molecule has 0 radical (unpaired) electrons. The molecule has 0 bridgehead atoms. The highest BCUT2D eigenvalue weighted by Crippen LogP contribution is 2.27. The van der Waals surface area contributed by atoms with Gasteiger partial charge in [0.05, 0.1) is 11.1 Å². The Bertz CT molecular complexity index is 1220. The van der Waals surface area contributed by atoms with E-state index in [0.29, 0.717) is 17.9 Å². The van der Waals surface area contributed by atoms with Gasteiger partial charge in [0.25, 0.3) is 5.91 Å². The summed E-state index contributed by atoms with van der Waals surface area (Å²) in [5.41, 5.74) is 4.43. The first kappa shape index (κ1) is 20.6. The summed E-state index contributed by atoms with van der Waals surface area (Å²) >= 11 is 5.86. The largest absolute Gasteiger partial charge is 0.350 e. The second-order valence-electron chi connectivity index (χ2n) is 7.17. The number of halogens is 1. The predicted molar refractivity (Wildman–Crippen MR) is 117 cm³/mol. The van der Waals surface area contributed by atoms with E-state index >= 15 is 0 Å². The molecule has 1 aromatic heterocycles. The molecule has 0 saturated carbocycles. The fourth-order valence-electron chi connectivity index (χ4n) is 3.75. The standard InChI is InChI=1S/C21H21ClN4O3S/c1-25-14-15(18-5-2-3-6-19(18)25)13-23-24-21(27)20-7-4-12-26(20)30(28,29)17-10-8-16(22)9-11-17/h2-3,5-6,8-11,13-14,20H,4,7,12H2,1H3,(H,24,27)/b23-13-/t20-/m1/s1. The van der Waals surface area contributed by atoms with Gasteiger partial charge in [0.15, 0.2) is 0 Å². The van der Waals surface area contributed by atoms with Crippen LogP contribution in [0, 0.1) is 0 Å². The average molecular weight is 445 g/mol. The van der Waals surface area contributed by atoms with Crippen LogP contribution in [0.2, 0.25) is 5.02 Å². The molecular formula is C21H21ClN4O3S. The molecule has 9 heteroatoms. The zero-order valence-corrected chi connectivity index (χ0v) is 17.9. The number of fused-ring (bicyclic) bond motifs is 1. The van der Waals surface area contributed by atoms with Gasteiger partial charge >= 0.3 is 0 Å². The molecule has 1 N–H and O–H groups in total. The molecule has 1 aliphatic rings. The number of nitrogens with one attached hydrogen (secondary N) is 1. The summed E-state index contributed by atoms with van der Waals surface area (Å²) < 4.78 is 29.2. The number of amides is 1. The van der Waals surface area contributed by atoms with E-state index in [-0.39, 0.29) is 11.4 Å². The van der Waals surface area contributed by atoms with Gasteiger partial charge in [-0.05, 0) is 43.2 Å². The number of aromatic nitrogens is 1. The van der Waals surface area contributed by atoms with Crippen LogP contribution in [-0.2, 0) is 21.9 Å². The highest BCUT2D eigenvalue weighted by Gasteiger charge is 2.39. The number of sulfonamides is 1. The summed E-state index contributed by atoms with van der Waals surface area (Å²) in [6, 6.07) is 13.0. The first-order valence-corrected chi connectivity index (χ1v) is 11.3. The number of carbonyl (C=O) groups excluding carboxylic acids is 1. The minimum Gasteiger partial charge on any atom is -0.350 e. The van der Waals surface area contributed by atoms with Crippen molar-refractivity contribution in [1.29, 1.82) is 0 Å². The first-order valence-electron chi connectivity index (χ1n) is 9.52. The number of carbonyl (C=O) groups is 1. The molecular weight excluding hydrogens is 424 g/mol. The molecule has 1 aliphatic heterocycles. The minimum atomic E-state index is -3.79. The Hall–Kier alpha value is -2.68. The van der Waals surface area contributed by atoms with Crippen LogP contribution < -0.4 is 5.43 Å². The number of benzene rings is 2. The number of rotatable bonds is 5. The Labute approximate surface area is 180 Å². The lowest BCUT2D eigenvalue weighted by Gasteiger charge is -2.22. The lowest BCUT2D eigenvalue weighted by atomic mass is 10.2. The van der Waals surface area contributed by atoms with Gasteiger partial charge < -0.3 is 4.57 Å². The number of hydrogen-bond acceptors (Lipinski definition) is 4. The summed E-state index contributed by atoms with van der Waals surface area (Å²) in [4.78, 5) is 12.8. The maximum absolute atomic E-state index is 13.0. The number of nitrogens with zero attached hydrogens (tertiary/aromatic N) is 3. The predicted octanol–water partition coefficient (Wildman–Crippen LogP) is 3.14. The molecule has 1 fully saturated rings. The second kappa shape index (κ2) is 8.22. The van der Waals surface area contributed by atoms with Gasteiger partial charge in [-0.15, -0.1) is 0 Å². The maximum atomic E-state index is 13.0. The molecule has 30 heavy (non-hydrogen) atoms. The lowest BCUT2D eigenvalue weighted by molar-refractivity contribution is -0.124. The van der Waals surface area contributed by atoms with Crippen molar-refractivity contribution < 1.29 is 13.2 Å². The molecule has 0 unspecified atom stereocenters. The Morgan fingerprint density at radius 3 is 2.70 bits per heavy atom. The molecule has 0 spiro atoms. The fraction of sp³-hybridized carbons (Fsp3) is 0.238. The van der Waals surface area contributed by atoms with Gasteiger partial charge in [-0.25, -0.2) is 13.8 Å². The Kier molecular flexibility index (Phi) is 5.64. The van der Waals surface area contributed by atoms with E-state index < -0.39 is 22.0 Å². The Morgan fingerprint density at radius 2 is 1.93 bits per heavy atom. The lowest BCUT2D eigenvalue weighted by Crippen LogP contribution is -2.44. The monoisotopic (exact) mass is 444 g/mol. The summed E-state index contributed by atoms with van der Waals surface area (Å²) in [5, 5.41) is 5.54. The molecule has 2 heterocycles. The summed E-state index contributed by atoms with van der Waals surface area (Å²) in [6.45, 7) is 0.288. The van der Waals surface area contributed by atoms with Crippen molar-refractivity contribution in [1.82, 2.24) is 14.3 Å². The minimum absolute atomic E-state index is 0.117.